The fourth-order valence-electron chi connectivity index (χ4n) is 2.86. The largest absolute Gasteiger partial charge is 0.339 e. The van der Waals surface area contributed by atoms with Gasteiger partial charge < -0.3 is 14.8 Å². The third-order valence-corrected chi connectivity index (χ3v) is 5.04. The fraction of sp³-hybridized carbons (Fsp3) is 0.467. The number of rotatable bonds is 5. The number of nitrogens with zero attached hydrogens (tertiary/aromatic N) is 4. The molecule has 0 aromatic carbocycles. The van der Waals surface area contributed by atoms with Crippen molar-refractivity contribution in [1.82, 2.24) is 20.3 Å². The van der Waals surface area contributed by atoms with Crippen molar-refractivity contribution in [1.29, 1.82) is 0 Å². The molecule has 9 heteroatoms. The number of halogens is 1. The molecular weight excluding hydrogens is 350 g/mol. The lowest BCUT2D eigenvalue weighted by Gasteiger charge is -2.17. The molecule has 3 heterocycles. The van der Waals surface area contributed by atoms with Gasteiger partial charge in [0.15, 0.2) is 5.82 Å². The van der Waals surface area contributed by atoms with Crippen LogP contribution in [0.1, 0.15) is 43.3 Å². The summed E-state index contributed by atoms with van der Waals surface area (Å²) < 4.78 is 10.6. The van der Waals surface area contributed by atoms with Gasteiger partial charge in [0.05, 0.1) is 10.4 Å². The van der Waals surface area contributed by atoms with Crippen LogP contribution in [0.25, 0.3) is 10.7 Å². The zero-order chi connectivity index (χ0) is 15.7. The van der Waals surface area contributed by atoms with Crippen molar-refractivity contribution in [3.8, 4) is 10.7 Å². The first-order valence-corrected chi connectivity index (χ1v) is 8.59. The molecule has 0 unspecified atom stereocenters. The van der Waals surface area contributed by atoms with Gasteiger partial charge in [-0.1, -0.05) is 29.2 Å². The number of hydrogen-bond donors (Lipinski definition) is 1. The fourth-order valence-corrected chi connectivity index (χ4v) is 3.51. The standard InChI is InChI=1S/C15H17N5O2S.ClH/c16-15(7-1-2-8-15)14-18-12(22-20-14)6-5-11-17-13(19-21-11)10-4-3-9-23-10;/h3-4,9H,1-2,5-8,16H2;1H. The minimum atomic E-state index is -0.418. The topological polar surface area (TPSA) is 104 Å². The van der Waals surface area contributed by atoms with E-state index in [4.69, 9.17) is 14.8 Å². The van der Waals surface area contributed by atoms with E-state index >= 15 is 0 Å². The lowest BCUT2D eigenvalue weighted by Crippen LogP contribution is -2.34. The molecule has 0 aliphatic heterocycles. The lowest BCUT2D eigenvalue weighted by atomic mass is 9.99. The molecule has 0 saturated heterocycles. The Morgan fingerprint density at radius 2 is 1.79 bits per heavy atom. The molecule has 2 N–H and O–H groups in total. The molecule has 1 aliphatic carbocycles. The molecule has 1 aliphatic rings. The van der Waals surface area contributed by atoms with Gasteiger partial charge in [-0.25, -0.2) is 0 Å². The Hall–Kier alpha value is -1.77. The van der Waals surface area contributed by atoms with Crippen molar-refractivity contribution in [3.63, 3.8) is 0 Å². The van der Waals surface area contributed by atoms with Gasteiger partial charge in [-0.3, -0.25) is 0 Å². The summed E-state index contributed by atoms with van der Waals surface area (Å²) in [5.41, 5.74) is 5.92. The molecule has 1 fully saturated rings. The molecule has 0 spiro atoms. The highest BCUT2D eigenvalue weighted by Crippen LogP contribution is 2.34. The second kappa shape index (κ2) is 7.00. The normalized spacial score (nSPS) is 16.2. The summed E-state index contributed by atoms with van der Waals surface area (Å²) in [5.74, 6) is 2.37. The highest BCUT2D eigenvalue weighted by Gasteiger charge is 2.35. The molecule has 24 heavy (non-hydrogen) atoms. The van der Waals surface area contributed by atoms with Crippen LogP contribution in [0.2, 0.25) is 0 Å². The van der Waals surface area contributed by atoms with Crippen LogP contribution in [0.4, 0.5) is 0 Å². The maximum atomic E-state index is 6.33. The predicted octanol–water partition coefficient (Wildman–Crippen LogP) is 3.12. The second-order valence-corrected chi connectivity index (χ2v) is 6.81. The van der Waals surface area contributed by atoms with E-state index < -0.39 is 5.54 Å². The summed E-state index contributed by atoms with van der Waals surface area (Å²) in [5, 5.41) is 10.0. The Bertz CT molecular complexity index is 780. The highest BCUT2D eigenvalue weighted by molar-refractivity contribution is 7.13. The van der Waals surface area contributed by atoms with Crippen molar-refractivity contribution in [3.05, 3.63) is 35.1 Å². The molecule has 0 atom stereocenters. The van der Waals surface area contributed by atoms with Crippen LogP contribution < -0.4 is 5.73 Å². The van der Waals surface area contributed by atoms with Crippen LogP contribution in [-0.2, 0) is 18.4 Å². The van der Waals surface area contributed by atoms with Crippen molar-refractivity contribution in [2.45, 2.75) is 44.1 Å². The minimum Gasteiger partial charge on any atom is -0.339 e. The molecule has 3 aromatic heterocycles. The van der Waals surface area contributed by atoms with Crippen LogP contribution in [-0.4, -0.2) is 20.3 Å². The van der Waals surface area contributed by atoms with E-state index in [9.17, 15) is 0 Å². The zero-order valence-electron chi connectivity index (χ0n) is 13.0. The molecule has 128 valence electrons. The van der Waals surface area contributed by atoms with Gasteiger partial charge in [0.2, 0.25) is 17.6 Å². The van der Waals surface area contributed by atoms with E-state index in [0.29, 0.717) is 36.3 Å². The molecule has 0 radical (unpaired) electrons. The van der Waals surface area contributed by atoms with E-state index in [1.165, 1.54) is 0 Å². The van der Waals surface area contributed by atoms with Crippen molar-refractivity contribution in [2.75, 3.05) is 0 Å². The van der Waals surface area contributed by atoms with E-state index in [1.807, 2.05) is 17.5 Å². The van der Waals surface area contributed by atoms with Gasteiger partial charge in [0.1, 0.15) is 0 Å². The third kappa shape index (κ3) is 3.35. The molecular formula is C15H18ClN5O2S. The van der Waals surface area contributed by atoms with E-state index in [0.717, 1.165) is 30.6 Å². The molecule has 0 amide bonds. The minimum absolute atomic E-state index is 0. The predicted molar refractivity (Wildman–Crippen MR) is 90.9 cm³/mol. The number of hydrogen-bond acceptors (Lipinski definition) is 8. The van der Waals surface area contributed by atoms with Gasteiger partial charge in [-0.2, -0.15) is 9.97 Å². The SMILES string of the molecule is Cl.NC1(c2noc(CCc3nc(-c4cccs4)no3)n2)CCCC1. The Kier molecular flexibility index (Phi) is 4.98. The third-order valence-electron chi connectivity index (χ3n) is 4.17. The highest BCUT2D eigenvalue weighted by atomic mass is 35.5. The van der Waals surface area contributed by atoms with E-state index in [-0.39, 0.29) is 12.4 Å². The average molecular weight is 368 g/mol. The molecule has 4 rings (SSSR count). The van der Waals surface area contributed by atoms with E-state index in [1.54, 1.807) is 11.3 Å². The summed E-state index contributed by atoms with van der Waals surface area (Å²) in [7, 11) is 0. The summed E-state index contributed by atoms with van der Waals surface area (Å²) in [6.07, 6.45) is 5.20. The lowest BCUT2D eigenvalue weighted by molar-refractivity contribution is 0.339. The summed E-state index contributed by atoms with van der Waals surface area (Å²) in [4.78, 5) is 9.82. The molecule has 3 aromatic rings. The van der Waals surface area contributed by atoms with Gasteiger partial charge in [0.25, 0.3) is 0 Å². The first-order chi connectivity index (χ1) is 11.2. The monoisotopic (exact) mass is 367 g/mol. The van der Waals surface area contributed by atoms with Crippen molar-refractivity contribution < 1.29 is 9.05 Å². The Morgan fingerprint density at radius 3 is 2.50 bits per heavy atom. The quantitative estimate of drug-likeness (QED) is 0.738. The first-order valence-electron chi connectivity index (χ1n) is 7.71. The van der Waals surface area contributed by atoms with Crippen LogP contribution in [0, 0.1) is 0 Å². The molecule has 1 saturated carbocycles. The smallest absolute Gasteiger partial charge is 0.227 e. The summed E-state index contributed by atoms with van der Waals surface area (Å²) >= 11 is 1.58. The molecule has 7 nitrogen and oxygen atoms in total. The maximum absolute atomic E-state index is 6.33. The van der Waals surface area contributed by atoms with E-state index in [2.05, 4.69) is 20.3 Å². The maximum Gasteiger partial charge on any atom is 0.227 e. The summed E-state index contributed by atoms with van der Waals surface area (Å²) in [6, 6.07) is 3.92. The van der Waals surface area contributed by atoms with Gasteiger partial charge in [-0.15, -0.1) is 23.7 Å². The van der Waals surface area contributed by atoms with Gasteiger partial charge in [0, 0.05) is 12.8 Å². The second-order valence-electron chi connectivity index (χ2n) is 5.86. The van der Waals surface area contributed by atoms with Gasteiger partial charge >= 0.3 is 0 Å². The van der Waals surface area contributed by atoms with Crippen LogP contribution in [0.3, 0.4) is 0 Å². The molecule has 0 bridgehead atoms. The Labute approximate surface area is 149 Å². The van der Waals surface area contributed by atoms with Crippen LogP contribution in [0.5, 0.6) is 0 Å². The Morgan fingerprint density at radius 1 is 1.08 bits per heavy atom. The average Bonchev–Trinajstić information content (AvgIpc) is 3.31. The number of thiophene rings is 1. The number of aromatic nitrogens is 4. The van der Waals surface area contributed by atoms with Crippen LogP contribution >= 0.6 is 23.7 Å². The zero-order valence-corrected chi connectivity index (χ0v) is 14.6. The Balaban J connectivity index is 0.00000169. The van der Waals surface area contributed by atoms with Crippen LogP contribution in [0.15, 0.2) is 26.6 Å². The van der Waals surface area contributed by atoms with Gasteiger partial charge in [-0.05, 0) is 24.3 Å². The first kappa shape index (κ1) is 17.1. The number of nitrogens with two attached hydrogens (primary N) is 1. The summed E-state index contributed by atoms with van der Waals surface area (Å²) in [6.45, 7) is 0. The number of aryl methyl sites for hydroxylation is 2. The van der Waals surface area contributed by atoms with Crippen molar-refractivity contribution in [2.24, 2.45) is 5.73 Å². The van der Waals surface area contributed by atoms with Crippen molar-refractivity contribution >= 4 is 23.7 Å².